The number of benzene rings is 1. The van der Waals surface area contributed by atoms with Crippen LogP contribution in [0.2, 0.25) is 5.02 Å². The van der Waals surface area contributed by atoms with Crippen molar-refractivity contribution in [3.63, 3.8) is 0 Å². The third-order valence-corrected chi connectivity index (χ3v) is 5.55. The molecule has 0 saturated heterocycles. The highest BCUT2D eigenvalue weighted by Gasteiger charge is 2.43. The lowest BCUT2D eigenvalue weighted by atomic mass is 9.77. The minimum atomic E-state index is -1.33. The summed E-state index contributed by atoms with van der Waals surface area (Å²) in [6, 6.07) is 15.2. The summed E-state index contributed by atoms with van der Waals surface area (Å²) in [7, 11) is 0. The first-order valence-corrected chi connectivity index (χ1v) is 9.60. The Kier molecular flexibility index (Phi) is 5.21. The first kappa shape index (κ1) is 18.1. The van der Waals surface area contributed by atoms with Gasteiger partial charge in [-0.05, 0) is 42.7 Å². The maximum atomic E-state index is 12.1. The quantitative estimate of drug-likeness (QED) is 0.672. The molecular weight excluding hydrogens is 358 g/mol. The highest BCUT2D eigenvalue weighted by atomic mass is 35.5. The summed E-state index contributed by atoms with van der Waals surface area (Å²) in [6.45, 7) is 0. The molecule has 1 atom stereocenters. The Labute approximate surface area is 164 Å². The van der Waals surface area contributed by atoms with Gasteiger partial charge < -0.3 is 10.4 Å². The monoisotopic (exact) mass is 379 g/mol. The van der Waals surface area contributed by atoms with Gasteiger partial charge in [0, 0.05) is 47.0 Å². The number of hydrogen-bond donors (Lipinski definition) is 2. The van der Waals surface area contributed by atoms with Gasteiger partial charge >= 0.3 is 0 Å². The van der Waals surface area contributed by atoms with Crippen LogP contribution in [0, 0.1) is 0 Å². The van der Waals surface area contributed by atoms with Crippen molar-refractivity contribution in [3.05, 3.63) is 95.0 Å². The minimum Gasteiger partial charge on any atom is -0.378 e. The van der Waals surface area contributed by atoms with Gasteiger partial charge in [0.15, 0.2) is 0 Å². The fourth-order valence-corrected chi connectivity index (χ4v) is 3.83. The van der Waals surface area contributed by atoms with E-state index in [2.05, 4.69) is 15.3 Å². The molecule has 4 nitrogen and oxygen atoms in total. The lowest BCUT2D eigenvalue weighted by molar-refractivity contribution is 0.0259. The van der Waals surface area contributed by atoms with Crippen LogP contribution in [0.3, 0.4) is 0 Å². The van der Waals surface area contributed by atoms with E-state index >= 15 is 0 Å². The van der Waals surface area contributed by atoms with Crippen LogP contribution in [0.15, 0.2) is 73.3 Å². The second-order valence-corrected chi connectivity index (χ2v) is 7.47. The molecule has 2 N–H and O–H groups in total. The van der Waals surface area contributed by atoms with Gasteiger partial charge in [-0.3, -0.25) is 9.97 Å². The lowest BCUT2D eigenvalue weighted by Gasteiger charge is -2.41. The average molecular weight is 380 g/mol. The van der Waals surface area contributed by atoms with Crippen LogP contribution in [0.25, 0.3) is 0 Å². The Bertz CT molecular complexity index is 845. The molecule has 5 heteroatoms. The normalized spacial score (nSPS) is 15.9. The Morgan fingerprint density at radius 3 is 2.15 bits per heavy atom. The average Bonchev–Trinajstić information content (AvgIpc) is 2.68. The van der Waals surface area contributed by atoms with Crippen LogP contribution in [0.5, 0.6) is 0 Å². The third kappa shape index (κ3) is 3.61. The van der Waals surface area contributed by atoms with E-state index in [1.807, 2.05) is 48.5 Å². The van der Waals surface area contributed by atoms with Crippen molar-refractivity contribution >= 4 is 11.6 Å². The summed E-state index contributed by atoms with van der Waals surface area (Å²) in [5.41, 5.74) is 1.04. The molecular formula is C22H22ClN3O. The molecule has 4 rings (SSSR count). The molecule has 1 aromatic carbocycles. The largest absolute Gasteiger partial charge is 0.378 e. The number of aromatic nitrogens is 2. The van der Waals surface area contributed by atoms with Gasteiger partial charge in [-0.2, -0.15) is 0 Å². The maximum Gasteiger partial charge on any atom is 0.137 e. The molecule has 1 saturated carbocycles. The van der Waals surface area contributed by atoms with Gasteiger partial charge in [-0.25, -0.2) is 0 Å². The van der Waals surface area contributed by atoms with Crippen LogP contribution in [-0.4, -0.2) is 21.1 Å². The molecule has 1 fully saturated rings. The molecule has 0 spiro atoms. The van der Waals surface area contributed by atoms with Gasteiger partial charge in [0.1, 0.15) is 5.60 Å². The van der Waals surface area contributed by atoms with Crippen molar-refractivity contribution in [3.8, 4) is 0 Å². The summed E-state index contributed by atoms with van der Waals surface area (Å²) in [4.78, 5) is 8.50. The summed E-state index contributed by atoms with van der Waals surface area (Å²) >= 11 is 6.28. The number of nitrogens with zero attached hydrogens (tertiary/aromatic N) is 2. The van der Waals surface area contributed by atoms with E-state index in [1.54, 1.807) is 24.8 Å². The zero-order chi connectivity index (χ0) is 18.7. The number of rotatable bonds is 6. The molecule has 3 aromatic rings. The Balaban J connectivity index is 1.88. The van der Waals surface area contributed by atoms with Crippen molar-refractivity contribution in [1.29, 1.82) is 0 Å². The Hall–Kier alpha value is -2.27. The van der Waals surface area contributed by atoms with Gasteiger partial charge in [0.05, 0.1) is 6.04 Å². The first-order valence-electron chi connectivity index (χ1n) is 9.23. The number of aliphatic hydroxyl groups is 1. The van der Waals surface area contributed by atoms with E-state index in [9.17, 15) is 5.11 Å². The van der Waals surface area contributed by atoms with Crippen LogP contribution >= 0.6 is 11.6 Å². The SMILES string of the molecule is OC(c1cccnc1)(c1cccnc1)C(NC1CCC1)c1cccc(Cl)c1. The molecule has 1 unspecified atom stereocenters. The molecule has 0 bridgehead atoms. The van der Waals surface area contributed by atoms with Gasteiger partial charge in [0.25, 0.3) is 0 Å². The molecule has 0 aliphatic heterocycles. The number of nitrogens with one attached hydrogen (secondary N) is 1. The van der Waals surface area contributed by atoms with Crippen molar-refractivity contribution in [2.45, 2.75) is 36.9 Å². The van der Waals surface area contributed by atoms with Gasteiger partial charge in [-0.1, -0.05) is 42.3 Å². The predicted octanol–water partition coefficient (Wildman–Crippen LogP) is 4.25. The smallest absolute Gasteiger partial charge is 0.137 e. The standard InChI is InChI=1S/C22H22ClN3O/c23-19-8-1-5-16(13-19)21(26-20-9-2-10-20)22(27,17-6-3-11-24-14-17)18-7-4-12-25-15-18/h1,3-8,11-15,20-21,26-27H,2,9-10H2. The van der Waals surface area contributed by atoms with Gasteiger partial charge in [0.2, 0.25) is 0 Å². The molecule has 2 heterocycles. The van der Waals surface area contributed by atoms with E-state index in [1.165, 1.54) is 6.42 Å². The van der Waals surface area contributed by atoms with E-state index in [4.69, 9.17) is 11.6 Å². The maximum absolute atomic E-state index is 12.1. The fourth-order valence-electron chi connectivity index (χ4n) is 3.63. The van der Waals surface area contributed by atoms with Crippen molar-refractivity contribution in [1.82, 2.24) is 15.3 Å². The minimum absolute atomic E-state index is 0.369. The van der Waals surface area contributed by atoms with Crippen molar-refractivity contribution in [2.75, 3.05) is 0 Å². The van der Waals surface area contributed by atoms with E-state index in [0.717, 1.165) is 29.5 Å². The summed E-state index contributed by atoms with van der Waals surface area (Å²) in [5, 5.41) is 16.5. The molecule has 27 heavy (non-hydrogen) atoms. The lowest BCUT2D eigenvalue weighted by Crippen LogP contribution is -2.48. The van der Waals surface area contributed by atoms with E-state index in [-0.39, 0.29) is 6.04 Å². The second-order valence-electron chi connectivity index (χ2n) is 7.03. The number of pyridine rings is 2. The van der Waals surface area contributed by atoms with Crippen molar-refractivity contribution in [2.24, 2.45) is 0 Å². The van der Waals surface area contributed by atoms with E-state index < -0.39 is 5.60 Å². The predicted molar refractivity (Wildman–Crippen MR) is 106 cm³/mol. The summed E-state index contributed by atoms with van der Waals surface area (Å²) in [5.74, 6) is 0. The van der Waals surface area contributed by atoms with Crippen LogP contribution < -0.4 is 5.32 Å². The molecule has 1 aliphatic carbocycles. The molecule has 0 radical (unpaired) electrons. The number of halogens is 1. The van der Waals surface area contributed by atoms with Crippen LogP contribution in [0.4, 0.5) is 0 Å². The zero-order valence-corrected chi connectivity index (χ0v) is 15.7. The fraction of sp³-hybridized carbons (Fsp3) is 0.273. The highest BCUT2D eigenvalue weighted by molar-refractivity contribution is 6.30. The Morgan fingerprint density at radius 1 is 1.00 bits per heavy atom. The van der Waals surface area contributed by atoms with Gasteiger partial charge in [-0.15, -0.1) is 0 Å². The highest BCUT2D eigenvalue weighted by Crippen LogP contribution is 2.42. The topological polar surface area (TPSA) is 58.0 Å². The molecule has 0 amide bonds. The van der Waals surface area contributed by atoms with Crippen molar-refractivity contribution < 1.29 is 5.11 Å². The molecule has 138 valence electrons. The van der Waals surface area contributed by atoms with Crippen LogP contribution in [-0.2, 0) is 5.60 Å². The summed E-state index contributed by atoms with van der Waals surface area (Å²) < 4.78 is 0. The van der Waals surface area contributed by atoms with Crippen LogP contribution in [0.1, 0.15) is 42.0 Å². The second kappa shape index (κ2) is 7.77. The zero-order valence-electron chi connectivity index (χ0n) is 14.9. The van der Waals surface area contributed by atoms with E-state index in [0.29, 0.717) is 11.1 Å². The molecule has 2 aromatic heterocycles. The number of hydrogen-bond acceptors (Lipinski definition) is 4. The molecule has 1 aliphatic rings. The summed E-state index contributed by atoms with van der Waals surface area (Å²) in [6.07, 6.45) is 10.3. The third-order valence-electron chi connectivity index (χ3n) is 5.31. The first-order chi connectivity index (χ1) is 13.2. The Morgan fingerprint density at radius 2 is 1.67 bits per heavy atom.